The van der Waals surface area contributed by atoms with Gasteiger partial charge in [0.1, 0.15) is 16.4 Å². The van der Waals surface area contributed by atoms with Gasteiger partial charge in [0.15, 0.2) is 0 Å². The van der Waals surface area contributed by atoms with E-state index in [1.165, 1.54) is 19.2 Å². The van der Waals surface area contributed by atoms with Crippen LogP contribution in [0.4, 0.5) is 5.69 Å². The Morgan fingerprint density at radius 3 is 2.13 bits per heavy atom. The number of fused-ring (bicyclic) bond motifs is 1. The third-order valence-electron chi connectivity index (χ3n) is 4.93. The zero-order chi connectivity index (χ0) is 21.3. The molecule has 0 saturated heterocycles. The maximum absolute atomic E-state index is 12.5. The van der Waals surface area contributed by atoms with Crippen LogP contribution >= 0.6 is 0 Å². The number of esters is 1. The molecule has 0 bridgehead atoms. The SMILES string of the molecule is COC(=O)c1cc(S(N)(=O)=O)c(Oc2ccccc2)cc1N1Cc2ccccc2C1. The smallest absolute Gasteiger partial charge is 0.340 e. The number of sulfonamides is 1. The number of nitrogens with two attached hydrogens (primary N) is 1. The van der Waals surface area contributed by atoms with Gasteiger partial charge in [-0.3, -0.25) is 0 Å². The van der Waals surface area contributed by atoms with Crippen LogP contribution in [0.2, 0.25) is 0 Å². The fraction of sp³-hybridized carbons (Fsp3) is 0.136. The zero-order valence-corrected chi connectivity index (χ0v) is 17.1. The highest BCUT2D eigenvalue weighted by Gasteiger charge is 2.28. The molecule has 30 heavy (non-hydrogen) atoms. The minimum atomic E-state index is -4.16. The first-order chi connectivity index (χ1) is 14.4. The number of primary sulfonamides is 1. The van der Waals surface area contributed by atoms with Crippen molar-refractivity contribution in [2.24, 2.45) is 5.14 Å². The zero-order valence-electron chi connectivity index (χ0n) is 16.2. The number of ether oxygens (including phenoxy) is 2. The summed E-state index contributed by atoms with van der Waals surface area (Å²) in [5.41, 5.74) is 2.88. The molecule has 0 aromatic heterocycles. The van der Waals surface area contributed by atoms with Crippen LogP contribution < -0.4 is 14.8 Å². The fourth-order valence-corrected chi connectivity index (χ4v) is 4.17. The maximum atomic E-state index is 12.5. The highest BCUT2D eigenvalue weighted by atomic mass is 32.2. The highest BCUT2D eigenvalue weighted by Crippen LogP contribution is 2.38. The molecule has 0 saturated carbocycles. The molecule has 1 aliphatic rings. The molecule has 4 rings (SSSR count). The molecule has 7 nitrogen and oxygen atoms in total. The van der Waals surface area contributed by atoms with Crippen molar-refractivity contribution >= 4 is 21.7 Å². The van der Waals surface area contributed by atoms with E-state index in [0.29, 0.717) is 24.5 Å². The standard InChI is InChI=1S/C22H20N2O5S/c1-28-22(25)18-11-21(30(23,26)27)20(29-17-9-3-2-4-10-17)12-19(18)24-13-15-7-5-6-8-16(15)14-24/h2-12H,13-14H2,1H3,(H2,23,26,27). The van der Waals surface area contributed by atoms with Crippen LogP contribution in [0.1, 0.15) is 21.5 Å². The van der Waals surface area contributed by atoms with Crippen molar-refractivity contribution in [3.63, 3.8) is 0 Å². The number of benzene rings is 3. The lowest BCUT2D eigenvalue weighted by atomic mass is 10.1. The van der Waals surface area contributed by atoms with Crippen LogP contribution in [-0.4, -0.2) is 21.5 Å². The Morgan fingerprint density at radius 1 is 0.967 bits per heavy atom. The molecule has 0 atom stereocenters. The summed E-state index contributed by atoms with van der Waals surface area (Å²) in [7, 11) is -2.92. The van der Waals surface area contributed by atoms with Gasteiger partial charge in [0.2, 0.25) is 10.0 Å². The van der Waals surface area contributed by atoms with Crippen LogP contribution in [0.15, 0.2) is 71.6 Å². The second kappa shape index (κ2) is 7.81. The average Bonchev–Trinajstić information content (AvgIpc) is 3.17. The molecule has 3 aromatic carbocycles. The van der Waals surface area contributed by atoms with Gasteiger partial charge in [-0.15, -0.1) is 0 Å². The molecule has 0 amide bonds. The third-order valence-corrected chi connectivity index (χ3v) is 5.86. The van der Waals surface area contributed by atoms with Gasteiger partial charge in [-0.25, -0.2) is 18.4 Å². The Morgan fingerprint density at radius 2 is 1.57 bits per heavy atom. The number of hydrogen-bond donors (Lipinski definition) is 1. The molecule has 0 radical (unpaired) electrons. The van der Waals surface area contributed by atoms with E-state index in [1.807, 2.05) is 35.2 Å². The largest absolute Gasteiger partial charge is 0.465 e. The van der Waals surface area contributed by atoms with E-state index in [0.717, 1.165) is 11.1 Å². The van der Waals surface area contributed by atoms with Crippen molar-refractivity contribution < 1.29 is 22.7 Å². The molecule has 154 valence electrons. The number of hydrogen-bond acceptors (Lipinski definition) is 6. The molecular weight excluding hydrogens is 404 g/mol. The lowest BCUT2D eigenvalue weighted by molar-refractivity contribution is 0.0601. The van der Waals surface area contributed by atoms with Crippen LogP contribution in [0.5, 0.6) is 11.5 Å². The summed E-state index contributed by atoms with van der Waals surface area (Å²) in [4.78, 5) is 14.2. The number of rotatable bonds is 5. The Balaban J connectivity index is 1.86. The van der Waals surface area contributed by atoms with Crippen molar-refractivity contribution in [3.8, 4) is 11.5 Å². The number of para-hydroxylation sites is 1. The molecule has 3 aromatic rings. The first kappa shape index (κ1) is 19.9. The highest BCUT2D eigenvalue weighted by molar-refractivity contribution is 7.89. The maximum Gasteiger partial charge on any atom is 0.340 e. The topological polar surface area (TPSA) is 98.9 Å². The fourth-order valence-electron chi connectivity index (χ4n) is 3.51. The molecular formula is C22H20N2O5S. The number of carbonyl (C=O) groups is 1. The molecule has 1 heterocycles. The molecule has 0 aliphatic carbocycles. The molecule has 1 aliphatic heterocycles. The van der Waals surface area contributed by atoms with E-state index in [4.69, 9.17) is 14.6 Å². The predicted molar refractivity (Wildman–Crippen MR) is 112 cm³/mol. The predicted octanol–water partition coefficient (Wildman–Crippen LogP) is 3.43. The minimum Gasteiger partial charge on any atom is -0.465 e. The molecule has 2 N–H and O–H groups in total. The Labute approximate surface area is 174 Å². The van der Waals surface area contributed by atoms with E-state index in [-0.39, 0.29) is 16.2 Å². The molecule has 0 unspecified atom stereocenters. The normalized spacial score (nSPS) is 13.1. The van der Waals surface area contributed by atoms with E-state index in [2.05, 4.69) is 0 Å². The minimum absolute atomic E-state index is 0.0438. The molecule has 0 spiro atoms. The first-order valence-electron chi connectivity index (χ1n) is 9.20. The second-order valence-corrected chi connectivity index (χ2v) is 8.42. The van der Waals surface area contributed by atoms with Crippen molar-refractivity contribution in [2.45, 2.75) is 18.0 Å². The van der Waals surface area contributed by atoms with E-state index < -0.39 is 16.0 Å². The van der Waals surface area contributed by atoms with Crippen LogP contribution in [-0.2, 0) is 27.8 Å². The second-order valence-electron chi connectivity index (χ2n) is 6.89. The van der Waals surface area contributed by atoms with Crippen LogP contribution in [0.3, 0.4) is 0 Å². The van der Waals surface area contributed by atoms with Gasteiger partial charge in [0.25, 0.3) is 0 Å². The van der Waals surface area contributed by atoms with Gasteiger partial charge in [-0.2, -0.15) is 0 Å². The summed E-state index contributed by atoms with van der Waals surface area (Å²) >= 11 is 0. The quantitative estimate of drug-likeness (QED) is 0.630. The summed E-state index contributed by atoms with van der Waals surface area (Å²) in [5, 5.41) is 5.42. The van der Waals surface area contributed by atoms with E-state index >= 15 is 0 Å². The Bertz CT molecular complexity index is 1180. The average molecular weight is 424 g/mol. The van der Waals surface area contributed by atoms with Crippen LogP contribution in [0.25, 0.3) is 0 Å². The van der Waals surface area contributed by atoms with E-state index in [1.54, 1.807) is 24.3 Å². The number of carbonyl (C=O) groups excluding carboxylic acids is 1. The van der Waals surface area contributed by atoms with Gasteiger partial charge in [-0.1, -0.05) is 42.5 Å². The summed E-state index contributed by atoms with van der Waals surface area (Å²) < 4.78 is 35.2. The van der Waals surface area contributed by atoms with Gasteiger partial charge in [0, 0.05) is 19.2 Å². The lowest BCUT2D eigenvalue weighted by Crippen LogP contribution is -2.21. The first-order valence-corrected chi connectivity index (χ1v) is 10.8. The van der Waals surface area contributed by atoms with E-state index in [9.17, 15) is 13.2 Å². The van der Waals surface area contributed by atoms with Gasteiger partial charge in [-0.05, 0) is 29.3 Å². The van der Waals surface area contributed by atoms with Crippen molar-refractivity contribution in [2.75, 3.05) is 12.0 Å². The third kappa shape index (κ3) is 3.87. The summed E-state index contributed by atoms with van der Waals surface area (Å²) in [6.07, 6.45) is 0. The van der Waals surface area contributed by atoms with Gasteiger partial charge >= 0.3 is 5.97 Å². The van der Waals surface area contributed by atoms with Crippen LogP contribution in [0, 0.1) is 0 Å². The molecule has 8 heteroatoms. The number of methoxy groups -OCH3 is 1. The lowest BCUT2D eigenvalue weighted by Gasteiger charge is -2.23. The Kier molecular flexibility index (Phi) is 5.19. The van der Waals surface area contributed by atoms with Gasteiger partial charge < -0.3 is 14.4 Å². The van der Waals surface area contributed by atoms with Gasteiger partial charge in [0.05, 0.1) is 18.4 Å². The monoisotopic (exact) mass is 424 g/mol. The van der Waals surface area contributed by atoms with Crippen molar-refractivity contribution in [1.29, 1.82) is 0 Å². The number of anilines is 1. The Hall–Kier alpha value is -3.36. The molecule has 0 fully saturated rings. The summed E-state index contributed by atoms with van der Waals surface area (Å²) in [6.45, 7) is 1.14. The number of nitrogens with zero attached hydrogens (tertiary/aromatic N) is 1. The van der Waals surface area contributed by atoms with Crippen molar-refractivity contribution in [1.82, 2.24) is 0 Å². The summed E-state index contributed by atoms with van der Waals surface area (Å²) in [6, 6.07) is 19.5. The van der Waals surface area contributed by atoms with Crippen molar-refractivity contribution in [3.05, 3.63) is 83.4 Å². The summed E-state index contributed by atoms with van der Waals surface area (Å²) in [5.74, 6) is -0.164.